The zero-order valence-corrected chi connectivity index (χ0v) is 11.8. The average molecular weight is 287 g/mol. The minimum atomic E-state index is -0.398. The molecular weight excluding hydrogens is 270 g/mol. The van der Waals surface area contributed by atoms with Gasteiger partial charge in [-0.05, 0) is 38.3 Å². The molecular formula is C15H17N3O3. The van der Waals surface area contributed by atoms with Gasteiger partial charge >= 0.3 is 0 Å². The van der Waals surface area contributed by atoms with Gasteiger partial charge in [0.2, 0.25) is 0 Å². The van der Waals surface area contributed by atoms with Crippen LogP contribution in [-0.4, -0.2) is 22.1 Å². The number of fused-ring (bicyclic) bond motifs is 1. The molecule has 2 unspecified atom stereocenters. The van der Waals surface area contributed by atoms with Crippen molar-refractivity contribution in [3.05, 3.63) is 40.2 Å². The summed E-state index contributed by atoms with van der Waals surface area (Å²) < 4.78 is 6.02. The van der Waals surface area contributed by atoms with Crippen LogP contribution >= 0.6 is 0 Å². The highest BCUT2D eigenvalue weighted by molar-refractivity contribution is 5.95. The minimum Gasteiger partial charge on any atom is -0.488 e. The molecule has 0 radical (unpaired) electrons. The molecule has 0 bridgehead atoms. The highest BCUT2D eigenvalue weighted by atomic mass is 16.6. The lowest BCUT2D eigenvalue weighted by atomic mass is 10.1. The van der Waals surface area contributed by atoms with Crippen molar-refractivity contribution in [2.24, 2.45) is 5.73 Å². The van der Waals surface area contributed by atoms with E-state index >= 15 is 0 Å². The number of nitro benzene ring substituents is 1. The first-order valence-electron chi connectivity index (χ1n) is 7.02. The summed E-state index contributed by atoms with van der Waals surface area (Å²) in [4.78, 5) is 14.9. The normalized spacial score (nSPS) is 21.6. The lowest BCUT2D eigenvalue weighted by Gasteiger charge is -2.19. The van der Waals surface area contributed by atoms with Crippen molar-refractivity contribution < 1.29 is 9.66 Å². The van der Waals surface area contributed by atoms with Crippen LogP contribution in [0.15, 0.2) is 24.4 Å². The third-order valence-corrected chi connectivity index (χ3v) is 3.95. The maximum atomic E-state index is 11.1. The molecule has 0 aliphatic heterocycles. The van der Waals surface area contributed by atoms with Crippen LogP contribution in [0.1, 0.15) is 25.0 Å². The van der Waals surface area contributed by atoms with E-state index in [-0.39, 0.29) is 17.8 Å². The van der Waals surface area contributed by atoms with Gasteiger partial charge in [0, 0.05) is 29.4 Å². The second-order valence-corrected chi connectivity index (χ2v) is 5.46. The van der Waals surface area contributed by atoms with Gasteiger partial charge in [0.15, 0.2) is 0 Å². The second kappa shape index (κ2) is 5.29. The first kappa shape index (κ1) is 13.8. The SMILES string of the molecule is Cc1cc2c(OC3CCCC3N)ccc([N+](=O)[O-])c2cn1. The van der Waals surface area contributed by atoms with Crippen molar-refractivity contribution >= 4 is 16.5 Å². The topological polar surface area (TPSA) is 91.3 Å². The van der Waals surface area contributed by atoms with Crippen LogP contribution in [0.25, 0.3) is 10.8 Å². The number of hydrogen-bond acceptors (Lipinski definition) is 5. The van der Waals surface area contributed by atoms with Crippen molar-refractivity contribution in [1.82, 2.24) is 4.98 Å². The van der Waals surface area contributed by atoms with Gasteiger partial charge in [-0.3, -0.25) is 15.1 Å². The largest absolute Gasteiger partial charge is 0.488 e. The fourth-order valence-corrected chi connectivity index (χ4v) is 2.83. The molecule has 0 amide bonds. The molecule has 1 saturated carbocycles. The van der Waals surface area contributed by atoms with Gasteiger partial charge in [-0.25, -0.2) is 0 Å². The molecule has 1 aromatic heterocycles. The third-order valence-electron chi connectivity index (χ3n) is 3.95. The molecule has 6 heteroatoms. The summed E-state index contributed by atoms with van der Waals surface area (Å²) in [5.74, 6) is 0.642. The first-order chi connectivity index (χ1) is 10.1. The Balaban J connectivity index is 2.08. The fourth-order valence-electron chi connectivity index (χ4n) is 2.83. The monoisotopic (exact) mass is 287 g/mol. The molecule has 0 saturated heterocycles. The molecule has 21 heavy (non-hydrogen) atoms. The van der Waals surface area contributed by atoms with E-state index in [1.54, 1.807) is 6.07 Å². The van der Waals surface area contributed by atoms with E-state index in [0.29, 0.717) is 11.1 Å². The van der Waals surface area contributed by atoms with Gasteiger partial charge in [0.25, 0.3) is 5.69 Å². The van der Waals surface area contributed by atoms with Crippen LogP contribution in [-0.2, 0) is 0 Å². The Morgan fingerprint density at radius 3 is 2.86 bits per heavy atom. The minimum absolute atomic E-state index is 0.0249. The van der Waals surface area contributed by atoms with Gasteiger partial charge < -0.3 is 10.5 Å². The van der Waals surface area contributed by atoms with E-state index < -0.39 is 4.92 Å². The molecule has 2 aromatic rings. The molecule has 110 valence electrons. The highest BCUT2D eigenvalue weighted by Gasteiger charge is 2.27. The Morgan fingerprint density at radius 2 is 2.19 bits per heavy atom. The summed E-state index contributed by atoms with van der Waals surface area (Å²) in [6.07, 6.45) is 4.43. The molecule has 1 aliphatic rings. The standard InChI is InChI=1S/C15H17N3O3/c1-9-7-10-11(8-17-9)13(18(19)20)5-6-14(10)21-15-4-2-3-12(15)16/h5-8,12,15H,2-4,16H2,1H3. The van der Waals surface area contributed by atoms with E-state index in [0.717, 1.165) is 30.3 Å². The number of nitrogens with zero attached hydrogens (tertiary/aromatic N) is 2. The number of ether oxygens (including phenoxy) is 1. The Labute approximate surface area is 122 Å². The highest BCUT2D eigenvalue weighted by Crippen LogP contribution is 2.35. The van der Waals surface area contributed by atoms with Gasteiger partial charge in [-0.2, -0.15) is 0 Å². The average Bonchev–Trinajstić information content (AvgIpc) is 2.84. The van der Waals surface area contributed by atoms with Crippen LogP contribution in [0, 0.1) is 17.0 Å². The Hall–Kier alpha value is -2.21. The predicted molar refractivity (Wildman–Crippen MR) is 79.4 cm³/mol. The van der Waals surface area contributed by atoms with Crippen LogP contribution < -0.4 is 10.5 Å². The van der Waals surface area contributed by atoms with Gasteiger partial charge in [0.1, 0.15) is 11.9 Å². The summed E-state index contributed by atoms with van der Waals surface area (Å²) in [5, 5.41) is 12.3. The van der Waals surface area contributed by atoms with Crippen molar-refractivity contribution in [2.45, 2.75) is 38.3 Å². The van der Waals surface area contributed by atoms with Gasteiger partial charge in [-0.1, -0.05) is 0 Å². The molecule has 1 heterocycles. The molecule has 1 aromatic carbocycles. The molecule has 1 fully saturated rings. The maximum absolute atomic E-state index is 11.1. The number of benzene rings is 1. The Kier molecular flexibility index (Phi) is 3.47. The number of nitro groups is 1. The van der Waals surface area contributed by atoms with Crippen LogP contribution in [0.5, 0.6) is 5.75 Å². The number of rotatable bonds is 3. The van der Waals surface area contributed by atoms with Crippen molar-refractivity contribution in [2.75, 3.05) is 0 Å². The maximum Gasteiger partial charge on any atom is 0.279 e. The Bertz CT molecular complexity index is 702. The summed E-state index contributed by atoms with van der Waals surface area (Å²) in [5.41, 5.74) is 6.87. The number of hydrogen-bond donors (Lipinski definition) is 1. The number of aromatic nitrogens is 1. The lowest BCUT2D eigenvalue weighted by Crippen LogP contribution is -2.33. The van der Waals surface area contributed by atoms with E-state index in [2.05, 4.69) is 4.98 Å². The number of pyridine rings is 1. The molecule has 3 rings (SSSR count). The molecule has 2 atom stereocenters. The Morgan fingerprint density at radius 1 is 1.38 bits per heavy atom. The second-order valence-electron chi connectivity index (χ2n) is 5.46. The van der Waals surface area contributed by atoms with Crippen LogP contribution in [0.3, 0.4) is 0 Å². The molecule has 1 aliphatic carbocycles. The van der Waals surface area contributed by atoms with E-state index in [4.69, 9.17) is 10.5 Å². The van der Waals surface area contributed by atoms with Crippen LogP contribution in [0.4, 0.5) is 5.69 Å². The van der Waals surface area contributed by atoms with Gasteiger partial charge in [-0.15, -0.1) is 0 Å². The summed E-state index contributed by atoms with van der Waals surface area (Å²) in [7, 11) is 0. The smallest absolute Gasteiger partial charge is 0.279 e. The third kappa shape index (κ3) is 2.54. The number of aryl methyl sites for hydroxylation is 1. The molecule has 2 N–H and O–H groups in total. The fraction of sp³-hybridized carbons (Fsp3) is 0.400. The zero-order chi connectivity index (χ0) is 15.0. The quantitative estimate of drug-likeness (QED) is 0.692. The van der Waals surface area contributed by atoms with Gasteiger partial charge in [0.05, 0.1) is 10.3 Å². The van der Waals surface area contributed by atoms with Crippen molar-refractivity contribution in [3.8, 4) is 5.75 Å². The molecule has 6 nitrogen and oxygen atoms in total. The molecule has 0 spiro atoms. The summed E-state index contributed by atoms with van der Waals surface area (Å²) >= 11 is 0. The first-order valence-corrected chi connectivity index (χ1v) is 7.02. The number of nitrogens with two attached hydrogens (primary N) is 1. The van der Waals surface area contributed by atoms with Crippen LogP contribution in [0.2, 0.25) is 0 Å². The van der Waals surface area contributed by atoms with E-state index in [1.165, 1.54) is 12.3 Å². The summed E-state index contributed by atoms with van der Waals surface area (Å²) in [6.45, 7) is 1.85. The van der Waals surface area contributed by atoms with Crippen molar-refractivity contribution in [3.63, 3.8) is 0 Å². The zero-order valence-electron chi connectivity index (χ0n) is 11.8. The van der Waals surface area contributed by atoms with E-state index in [1.807, 2.05) is 13.0 Å². The summed E-state index contributed by atoms with van der Waals surface area (Å²) in [6, 6.07) is 4.97. The predicted octanol–water partition coefficient (Wildman–Crippen LogP) is 2.71. The number of non-ortho nitro benzene ring substituents is 1. The van der Waals surface area contributed by atoms with Crippen molar-refractivity contribution in [1.29, 1.82) is 0 Å². The lowest BCUT2D eigenvalue weighted by molar-refractivity contribution is -0.383. The van der Waals surface area contributed by atoms with E-state index in [9.17, 15) is 10.1 Å².